The van der Waals surface area contributed by atoms with Crippen LogP contribution in [-0.4, -0.2) is 36.4 Å². The molecule has 0 aromatic carbocycles. The van der Waals surface area contributed by atoms with Gasteiger partial charge >= 0.3 is 11.9 Å². The van der Waals surface area contributed by atoms with E-state index in [0.29, 0.717) is 12.8 Å². The molecule has 5 nitrogen and oxygen atoms in total. The van der Waals surface area contributed by atoms with Gasteiger partial charge in [-0.2, -0.15) is 0 Å². The quantitative estimate of drug-likeness (QED) is 0.544. The normalized spacial score (nSPS) is 21.1. The van der Waals surface area contributed by atoms with Crippen LogP contribution in [0.5, 0.6) is 0 Å². The summed E-state index contributed by atoms with van der Waals surface area (Å²) >= 11 is 0. The predicted molar refractivity (Wildman–Crippen MR) is 60.6 cm³/mol. The van der Waals surface area contributed by atoms with E-state index in [1.54, 1.807) is 6.92 Å². The number of ether oxygens (including phenoxy) is 2. The maximum atomic E-state index is 11.4. The van der Waals surface area contributed by atoms with Crippen LogP contribution in [0.2, 0.25) is 0 Å². The van der Waals surface area contributed by atoms with E-state index in [-0.39, 0.29) is 12.7 Å². The van der Waals surface area contributed by atoms with E-state index < -0.39 is 17.9 Å². The van der Waals surface area contributed by atoms with Crippen LogP contribution < -0.4 is 0 Å². The molecule has 0 aliphatic carbocycles. The number of carbonyl (C=O) groups excluding carboxylic acids is 1. The van der Waals surface area contributed by atoms with Gasteiger partial charge in [0, 0.05) is 6.61 Å². The van der Waals surface area contributed by atoms with Crippen molar-refractivity contribution in [3.63, 3.8) is 0 Å². The first-order valence-corrected chi connectivity index (χ1v) is 6.16. The monoisotopic (exact) mass is 244 g/mol. The van der Waals surface area contributed by atoms with Crippen LogP contribution in [0.1, 0.15) is 39.0 Å². The molecule has 1 N–H and O–H groups in total. The summed E-state index contributed by atoms with van der Waals surface area (Å²) in [5.74, 6) is -2.76. The number of esters is 1. The summed E-state index contributed by atoms with van der Waals surface area (Å²) < 4.78 is 10.2. The molecule has 1 aliphatic heterocycles. The lowest BCUT2D eigenvalue weighted by Crippen LogP contribution is -2.26. The maximum absolute atomic E-state index is 11.4. The minimum atomic E-state index is -1.10. The van der Waals surface area contributed by atoms with Gasteiger partial charge in [-0.3, -0.25) is 9.59 Å². The van der Waals surface area contributed by atoms with Gasteiger partial charge in [-0.15, -0.1) is 0 Å². The zero-order valence-electron chi connectivity index (χ0n) is 10.2. The number of carboxylic acid groups (broad SMARTS) is 1. The molecule has 0 bridgehead atoms. The van der Waals surface area contributed by atoms with Crippen molar-refractivity contribution in [2.75, 3.05) is 13.2 Å². The van der Waals surface area contributed by atoms with Crippen LogP contribution in [-0.2, 0) is 19.1 Å². The Labute approximate surface area is 101 Å². The maximum Gasteiger partial charge on any atom is 0.320 e. The van der Waals surface area contributed by atoms with E-state index in [1.165, 1.54) is 0 Å². The highest BCUT2D eigenvalue weighted by atomic mass is 16.5. The lowest BCUT2D eigenvalue weighted by molar-refractivity contribution is -0.158. The average Bonchev–Trinajstić information content (AvgIpc) is 2.76. The molecule has 2 atom stereocenters. The van der Waals surface area contributed by atoms with Gasteiger partial charge in [-0.05, 0) is 39.0 Å². The van der Waals surface area contributed by atoms with E-state index in [4.69, 9.17) is 14.6 Å². The van der Waals surface area contributed by atoms with Crippen molar-refractivity contribution in [3.8, 4) is 0 Å². The van der Waals surface area contributed by atoms with Gasteiger partial charge in [0.05, 0.1) is 12.7 Å². The first-order valence-electron chi connectivity index (χ1n) is 6.16. The topological polar surface area (TPSA) is 72.8 Å². The average molecular weight is 244 g/mol. The molecule has 98 valence electrons. The molecule has 17 heavy (non-hydrogen) atoms. The van der Waals surface area contributed by atoms with Crippen molar-refractivity contribution in [1.82, 2.24) is 0 Å². The van der Waals surface area contributed by atoms with Crippen LogP contribution in [0.3, 0.4) is 0 Å². The highest BCUT2D eigenvalue weighted by Crippen LogP contribution is 2.20. The van der Waals surface area contributed by atoms with Crippen molar-refractivity contribution in [2.24, 2.45) is 5.92 Å². The summed E-state index contributed by atoms with van der Waals surface area (Å²) in [7, 11) is 0. The Morgan fingerprint density at radius 1 is 1.53 bits per heavy atom. The van der Waals surface area contributed by atoms with Gasteiger partial charge in [0.2, 0.25) is 0 Å². The van der Waals surface area contributed by atoms with Gasteiger partial charge in [-0.1, -0.05) is 0 Å². The van der Waals surface area contributed by atoms with Crippen LogP contribution in [0.15, 0.2) is 0 Å². The van der Waals surface area contributed by atoms with Crippen LogP contribution in [0.4, 0.5) is 0 Å². The number of carbonyl (C=O) groups is 2. The molecular formula is C12H20O5. The second kappa shape index (κ2) is 7.27. The van der Waals surface area contributed by atoms with E-state index in [2.05, 4.69) is 0 Å². The van der Waals surface area contributed by atoms with Gasteiger partial charge in [0.15, 0.2) is 5.92 Å². The minimum Gasteiger partial charge on any atom is -0.481 e. The Morgan fingerprint density at radius 3 is 2.82 bits per heavy atom. The molecule has 0 aromatic rings. The molecular weight excluding hydrogens is 224 g/mol. The number of carboxylic acids is 1. The molecule has 0 aromatic heterocycles. The third-order valence-corrected chi connectivity index (χ3v) is 2.91. The fourth-order valence-electron chi connectivity index (χ4n) is 2.01. The Hall–Kier alpha value is -1.10. The molecule has 1 aliphatic rings. The number of rotatable bonds is 7. The first-order chi connectivity index (χ1) is 8.15. The third-order valence-electron chi connectivity index (χ3n) is 2.91. The second-order valence-electron chi connectivity index (χ2n) is 4.21. The predicted octanol–water partition coefficient (Wildman–Crippen LogP) is 1.60. The summed E-state index contributed by atoms with van der Waals surface area (Å²) in [6.07, 6.45) is 4.19. The summed E-state index contributed by atoms with van der Waals surface area (Å²) in [5.41, 5.74) is 0. The molecule has 0 amide bonds. The lowest BCUT2D eigenvalue weighted by Gasteiger charge is -2.13. The number of aliphatic carboxylic acids is 1. The molecule has 5 heteroatoms. The zero-order chi connectivity index (χ0) is 12.7. The summed E-state index contributed by atoms with van der Waals surface area (Å²) in [6, 6.07) is 0. The lowest BCUT2D eigenvalue weighted by atomic mass is 10.00. The number of hydrogen-bond acceptors (Lipinski definition) is 4. The van der Waals surface area contributed by atoms with Crippen molar-refractivity contribution < 1.29 is 24.2 Å². The molecule has 1 heterocycles. The summed E-state index contributed by atoms with van der Waals surface area (Å²) in [6.45, 7) is 2.68. The molecule has 1 saturated heterocycles. The molecule has 0 radical (unpaired) electrons. The Balaban J connectivity index is 2.28. The SMILES string of the molecule is CCOC(=O)C(CCCC1CCCO1)C(=O)O. The Morgan fingerprint density at radius 2 is 2.29 bits per heavy atom. The smallest absolute Gasteiger partial charge is 0.320 e. The third kappa shape index (κ3) is 4.73. The van der Waals surface area contributed by atoms with Crippen molar-refractivity contribution in [2.45, 2.75) is 45.1 Å². The number of hydrogen-bond donors (Lipinski definition) is 1. The van der Waals surface area contributed by atoms with Gasteiger partial charge in [0.1, 0.15) is 0 Å². The van der Waals surface area contributed by atoms with E-state index in [9.17, 15) is 9.59 Å². The van der Waals surface area contributed by atoms with Gasteiger partial charge in [-0.25, -0.2) is 0 Å². The zero-order valence-corrected chi connectivity index (χ0v) is 10.2. The fraction of sp³-hybridized carbons (Fsp3) is 0.833. The van der Waals surface area contributed by atoms with E-state index >= 15 is 0 Å². The highest BCUT2D eigenvalue weighted by molar-refractivity contribution is 5.93. The highest BCUT2D eigenvalue weighted by Gasteiger charge is 2.27. The standard InChI is InChI=1S/C12H20O5/c1-2-16-12(15)10(11(13)14)7-3-5-9-6-4-8-17-9/h9-10H,2-8H2,1H3,(H,13,14). The van der Waals surface area contributed by atoms with Gasteiger partial charge < -0.3 is 14.6 Å². The van der Waals surface area contributed by atoms with Crippen LogP contribution in [0, 0.1) is 5.92 Å². The molecule has 1 fully saturated rings. The van der Waals surface area contributed by atoms with Crippen molar-refractivity contribution in [1.29, 1.82) is 0 Å². The summed E-state index contributed by atoms with van der Waals surface area (Å²) in [4.78, 5) is 22.3. The van der Waals surface area contributed by atoms with Crippen LogP contribution in [0.25, 0.3) is 0 Å². The van der Waals surface area contributed by atoms with E-state index in [1.807, 2.05) is 0 Å². The Bertz CT molecular complexity index is 258. The molecule has 1 rings (SSSR count). The fourth-order valence-corrected chi connectivity index (χ4v) is 2.01. The second-order valence-corrected chi connectivity index (χ2v) is 4.21. The van der Waals surface area contributed by atoms with Crippen molar-refractivity contribution in [3.05, 3.63) is 0 Å². The van der Waals surface area contributed by atoms with E-state index in [0.717, 1.165) is 25.9 Å². The van der Waals surface area contributed by atoms with Gasteiger partial charge in [0.25, 0.3) is 0 Å². The Kier molecular flexibility index (Phi) is 5.97. The van der Waals surface area contributed by atoms with Crippen molar-refractivity contribution >= 4 is 11.9 Å². The summed E-state index contributed by atoms with van der Waals surface area (Å²) in [5, 5.41) is 8.93. The first kappa shape index (κ1) is 14.0. The molecule has 0 spiro atoms. The minimum absolute atomic E-state index is 0.217. The molecule has 2 unspecified atom stereocenters. The van der Waals surface area contributed by atoms with Crippen LogP contribution >= 0.6 is 0 Å². The largest absolute Gasteiger partial charge is 0.481 e. The molecule has 0 saturated carbocycles.